The highest BCUT2D eigenvalue weighted by atomic mass is 35.5. The van der Waals surface area contributed by atoms with Crippen molar-refractivity contribution >= 4 is 46.4 Å². The average Bonchev–Trinajstić information content (AvgIpc) is 3.28. The fraction of sp³-hybridized carbons (Fsp3) is 0.211. The van der Waals surface area contributed by atoms with Crippen LogP contribution in [0.3, 0.4) is 0 Å². The lowest BCUT2D eigenvalue weighted by Crippen LogP contribution is -2.23. The van der Waals surface area contributed by atoms with E-state index in [2.05, 4.69) is 10.1 Å². The molecule has 0 saturated heterocycles. The predicted octanol–water partition coefficient (Wildman–Crippen LogP) is 3.88. The molecule has 0 atom stereocenters. The van der Waals surface area contributed by atoms with Crippen LogP contribution in [-0.4, -0.2) is 23.6 Å². The molecule has 2 aromatic heterocycles. The van der Waals surface area contributed by atoms with Crippen molar-refractivity contribution in [2.45, 2.75) is 20.0 Å². The fourth-order valence-corrected chi connectivity index (χ4v) is 3.84. The van der Waals surface area contributed by atoms with E-state index in [4.69, 9.17) is 27.6 Å². The van der Waals surface area contributed by atoms with Crippen molar-refractivity contribution < 1.29 is 18.7 Å². The lowest BCUT2D eigenvalue weighted by Gasteiger charge is -2.07. The average molecular weight is 455 g/mol. The molecule has 0 radical (unpaired) electrons. The number of carbonyl (C=O) groups is 2. The topological polar surface area (TPSA) is 90.5 Å². The van der Waals surface area contributed by atoms with Crippen LogP contribution in [0.4, 0.5) is 0 Å². The van der Waals surface area contributed by atoms with Crippen molar-refractivity contribution in [3.05, 3.63) is 77.7 Å². The van der Waals surface area contributed by atoms with E-state index in [1.165, 1.54) is 17.7 Å². The first-order valence-electron chi connectivity index (χ1n) is 8.39. The molecule has 0 spiro atoms. The van der Waals surface area contributed by atoms with Crippen molar-refractivity contribution in [1.29, 1.82) is 0 Å². The maximum absolute atomic E-state index is 12.5. The minimum Gasteiger partial charge on any atom is -0.463 e. The Labute approximate surface area is 179 Å². The Morgan fingerprint density at radius 3 is 2.66 bits per heavy atom. The molecule has 10 heteroatoms. The number of rotatable bonds is 6. The number of hydrogen-bond acceptors (Lipinski definition) is 6. The van der Waals surface area contributed by atoms with E-state index in [1.807, 2.05) is 0 Å². The molecule has 7 nitrogen and oxygen atoms in total. The van der Waals surface area contributed by atoms with Crippen LogP contribution in [-0.2, 0) is 17.8 Å². The predicted molar refractivity (Wildman–Crippen MR) is 110 cm³/mol. The molecule has 0 unspecified atom stereocenters. The summed E-state index contributed by atoms with van der Waals surface area (Å²) < 4.78 is 11.4. The molecule has 0 aliphatic carbocycles. The lowest BCUT2D eigenvalue weighted by molar-refractivity contribution is 0.0562. The zero-order valence-electron chi connectivity index (χ0n) is 15.5. The van der Waals surface area contributed by atoms with Crippen LogP contribution < -0.4 is 10.2 Å². The molecule has 29 heavy (non-hydrogen) atoms. The number of benzene rings is 1. The maximum Gasteiger partial charge on any atom is 0.373 e. The maximum atomic E-state index is 12.5. The van der Waals surface area contributed by atoms with Gasteiger partial charge in [0.15, 0.2) is 0 Å². The summed E-state index contributed by atoms with van der Waals surface area (Å²) in [6, 6.07) is 8.13. The van der Waals surface area contributed by atoms with E-state index in [0.717, 1.165) is 16.9 Å². The number of nitrogens with one attached hydrogen (secondary N) is 1. The van der Waals surface area contributed by atoms with E-state index < -0.39 is 5.97 Å². The van der Waals surface area contributed by atoms with Gasteiger partial charge < -0.3 is 14.5 Å². The summed E-state index contributed by atoms with van der Waals surface area (Å²) in [5.41, 5.74) is 1.28. The molecular formula is C19H16Cl2N2O5S. The number of esters is 1. The first-order chi connectivity index (χ1) is 13.8. The Bertz CT molecular complexity index is 1130. The van der Waals surface area contributed by atoms with Crippen molar-refractivity contribution in [2.24, 2.45) is 0 Å². The van der Waals surface area contributed by atoms with Gasteiger partial charge >= 0.3 is 10.8 Å². The van der Waals surface area contributed by atoms with Crippen LogP contribution >= 0.6 is 34.5 Å². The summed E-state index contributed by atoms with van der Waals surface area (Å²) in [6.45, 7) is 2.01. The third kappa shape index (κ3) is 4.72. The molecule has 1 amide bonds. The van der Waals surface area contributed by atoms with Crippen molar-refractivity contribution in [3.63, 3.8) is 0 Å². The molecule has 0 bridgehead atoms. The van der Waals surface area contributed by atoms with Crippen LogP contribution in [0, 0.1) is 6.92 Å². The Kier molecular flexibility index (Phi) is 6.46. The Morgan fingerprint density at radius 1 is 1.21 bits per heavy atom. The van der Waals surface area contributed by atoms with Crippen LogP contribution in [0.15, 0.2) is 39.5 Å². The van der Waals surface area contributed by atoms with Gasteiger partial charge in [-0.3, -0.25) is 14.2 Å². The lowest BCUT2D eigenvalue weighted by atomic mass is 10.2. The summed E-state index contributed by atoms with van der Waals surface area (Å²) in [5, 5.41) is 3.60. The number of halogens is 2. The van der Waals surface area contributed by atoms with E-state index in [9.17, 15) is 14.4 Å². The van der Waals surface area contributed by atoms with Gasteiger partial charge in [0, 0.05) is 12.2 Å². The highest BCUT2D eigenvalue weighted by molar-refractivity contribution is 7.11. The molecule has 152 valence electrons. The van der Waals surface area contributed by atoms with Gasteiger partial charge in [0.2, 0.25) is 5.76 Å². The summed E-state index contributed by atoms with van der Waals surface area (Å²) in [6.07, 6.45) is 0. The van der Waals surface area contributed by atoms with E-state index >= 15 is 0 Å². The minimum atomic E-state index is -0.604. The van der Waals surface area contributed by atoms with Crippen LogP contribution in [0.25, 0.3) is 0 Å². The highest BCUT2D eigenvalue weighted by Crippen LogP contribution is 2.22. The zero-order chi connectivity index (χ0) is 21.1. The molecule has 1 aromatic carbocycles. The Hall–Kier alpha value is -2.55. The Morgan fingerprint density at radius 2 is 1.97 bits per heavy atom. The van der Waals surface area contributed by atoms with Crippen molar-refractivity contribution in [3.8, 4) is 0 Å². The number of aromatic nitrogens is 1. The minimum absolute atomic E-state index is 0.0445. The summed E-state index contributed by atoms with van der Waals surface area (Å²) >= 11 is 12.7. The number of amides is 1. The second-order valence-corrected chi connectivity index (χ2v) is 7.83. The summed E-state index contributed by atoms with van der Waals surface area (Å²) in [7, 11) is 1.25. The van der Waals surface area contributed by atoms with E-state index in [1.54, 1.807) is 31.2 Å². The molecule has 2 heterocycles. The number of hydrogen-bond donors (Lipinski definition) is 1. The van der Waals surface area contributed by atoms with Gasteiger partial charge in [-0.2, -0.15) is 0 Å². The van der Waals surface area contributed by atoms with Gasteiger partial charge in [-0.15, -0.1) is 0 Å². The SMILES string of the molecule is COC(=O)c1ccc(Cn2c(C)c(C(=O)NCc3ccc(Cl)c(Cl)c3)sc2=O)o1. The molecule has 0 saturated carbocycles. The van der Waals surface area contributed by atoms with Crippen molar-refractivity contribution in [2.75, 3.05) is 7.11 Å². The van der Waals surface area contributed by atoms with Gasteiger partial charge in [-0.25, -0.2) is 4.79 Å². The molecule has 3 rings (SSSR count). The van der Waals surface area contributed by atoms with E-state index in [-0.39, 0.29) is 29.6 Å². The van der Waals surface area contributed by atoms with Crippen LogP contribution in [0.5, 0.6) is 0 Å². The van der Waals surface area contributed by atoms with Crippen LogP contribution in [0.2, 0.25) is 10.0 Å². The molecule has 0 fully saturated rings. The number of furan rings is 1. The first kappa shape index (κ1) is 21.2. The normalized spacial score (nSPS) is 10.8. The quantitative estimate of drug-likeness (QED) is 0.570. The number of nitrogens with zero attached hydrogens (tertiary/aromatic N) is 1. The summed E-state index contributed by atoms with van der Waals surface area (Å²) in [4.78, 5) is 36.4. The third-order valence-corrected chi connectivity index (χ3v) is 5.97. The van der Waals surface area contributed by atoms with Gasteiger partial charge in [-0.05, 0) is 36.8 Å². The second-order valence-electron chi connectivity index (χ2n) is 6.06. The smallest absolute Gasteiger partial charge is 0.373 e. The van der Waals surface area contributed by atoms with E-state index in [0.29, 0.717) is 26.4 Å². The number of carbonyl (C=O) groups excluding carboxylic acids is 2. The monoisotopic (exact) mass is 454 g/mol. The fourth-order valence-electron chi connectivity index (χ4n) is 2.61. The zero-order valence-corrected chi connectivity index (χ0v) is 17.8. The van der Waals surface area contributed by atoms with Gasteiger partial charge in [0.1, 0.15) is 10.6 Å². The Balaban J connectivity index is 1.73. The molecular weight excluding hydrogens is 439 g/mol. The number of ether oxygens (including phenoxy) is 1. The molecule has 0 aliphatic rings. The second kappa shape index (κ2) is 8.86. The molecule has 1 N–H and O–H groups in total. The van der Waals surface area contributed by atoms with Crippen LogP contribution in [0.1, 0.15) is 37.2 Å². The summed E-state index contributed by atoms with van der Waals surface area (Å²) in [5.74, 6) is -0.531. The molecule has 3 aromatic rings. The third-order valence-electron chi connectivity index (χ3n) is 4.15. The molecule has 0 aliphatic heterocycles. The van der Waals surface area contributed by atoms with Gasteiger partial charge in [-0.1, -0.05) is 40.6 Å². The van der Waals surface area contributed by atoms with Gasteiger partial charge in [0.25, 0.3) is 5.91 Å². The van der Waals surface area contributed by atoms with Gasteiger partial charge in [0.05, 0.1) is 23.7 Å². The highest BCUT2D eigenvalue weighted by Gasteiger charge is 2.19. The largest absolute Gasteiger partial charge is 0.463 e. The first-order valence-corrected chi connectivity index (χ1v) is 9.96. The number of methoxy groups -OCH3 is 1. The standard InChI is InChI=1S/C19H16Cl2N2O5S/c1-10-16(17(24)22-8-11-3-5-13(20)14(21)7-11)29-19(26)23(10)9-12-4-6-15(28-12)18(25)27-2/h3-7H,8-9H2,1-2H3,(H,22,24). The van der Waals surface area contributed by atoms with Crippen molar-refractivity contribution in [1.82, 2.24) is 9.88 Å². The number of thiazole rings is 1.